The van der Waals surface area contributed by atoms with Crippen molar-refractivity contribution in [2.75, 3.05) is 37.6 Å². The first-order chi connectivity index (χ1) is 14.6. The maximum Gasteiger partial charge on any atom is 0.237 e. The van der Waals surface area contributed by atoms with Crippen molar-refractivity contribution in [3.05, 3.63) is 60.2 Å². The molecule has 6 nitrogen and oxygen atoms in total. The number of hydrogen-bond donors (Lipinski definition) is 1. The summed E-state index contributed by atoms with van der Waals surface area (Å²) in [5, 5.41) is 0. The third-order valence-electron chi connectivity index (χ3n) is 5.76. The van der Waals surface area contributed by atoms with Crippen LogP contribution in [0, 0.1) is 0 Å². The van der Waals surface area contributed by atoms with E-state index < -0.39 is 0 Å². The number of nitrogens with zero attached hydrogens (tertiary/aromatic N) is 4. The minimum atomic E-state index is 0.178. The number of anilines is 1. The fourth-order valence-corrected chi connectivity index (χ4v) is 4.05. The first-order valence-corrected chi connectivity index (χ1v) is 10.9. The first-order valence-electron chi connectivity index (χ1n) is 10.9. The van der Waals surface area contributed by atoms with Crippen LogP contribution in [0.25, 0.3) is 11.0 Å². The molecule has 1 saturated heterocycles. The fraction of sp³-hybridized carbons (Fsp3) is 0.417. The van der Waals surface area contributed by atoms with E-state index >= 15 is 0 Å². The SMILES string of the molecule is CC(C)N(Cc1ccccc1)C(=O)CN1CCCN(c2nc3ccccc3[nH]2)CC1. The van der Waals surface area contributed by atoms with Gasteiger partial charge in [0.05, 0.1) is 17.6 Å². The molecule has 0 aliphatic carbocycles. The summed E-state index contributed by atoms with van der Waals surface area (Å²) in [6.07, 6.45) is 1.02. The average Bonchev–Trinajstić information content (AvgIpc) is 3.05. The van der Waals surface area contributed by atoms with Crippen molar-refractivity contribution in [1.82, 2.24) is 19.8 Å². The smallest absolute Gasteiger partial charge is 0.237 e. The molecule has 4 rings (SSSR count). The molecule has 1 amide bonds. The second-order valence-electron chi connectivity index (χ2n) is 8.30. The summed E-state index contributed by atoms with van der Waals surface area (Å²) in [6, 6.07) is 18.5. The molecule has 0 radical (unpaired) electrons. The minimum absolute atomic E-state index is 0.178. The number of benzene rings is 2. The first kappa shape index (κ1) is 20.4. The molecule has 1 N–H and O–H groups in total. The molecule has 0 saturated carbocycles. The van der Waals surface area contributed by atoms with Crippen LogP contribution >= 0.6 is 0 Å². The summed E-state index contributed by atoms with van der Waals surface area (Å²) in [4.78, 5) is 27.8. The third kappa shape index (κ3) is 4.82. The minimum Gasteiger partial charge on any atom is -0.341 e. The molecular formula is C24H31N5O. The molecule has 1 fully saturated rings. The van der Waals surface area contributed by atoms with E-state index in [1.54, 1.807) is 0 Å². The Morgan fingerprint density at radius 2 is 1.80 bits per heavy atom. The number of H-pyrrole nitrogens is 1. The van der Waals surface area contributed by atoms with Gasteiger partial charge in [-0.1, -0.05) is 42.5 Å². The number of carbonyl (C=O) groups is 1. The van der Waals surface area contributed by atoms with Crippen molar-refractivity contribution in [1.29, 1.82) is 0 Å². The molecule has 0 bridgehead atoms. The van der Waals surface area contributed by atoms with Gasteiger partial charge in [0.15, 0.2) is 0 Å². The molecule has 2 aromatic carbocycles. The van der Waals surface area contributed by atoms with E-state index in [1.165, 1.54) is 5.56 Å². The number of imidazole rings is 1. The molecule has 0 unspecified atom stereocenters. The number of hydrogen-bond acceptors (Lipinski definition) is 4. The van der Waals surface area contributed by atoms with Gasteiger partial charge in [0.2, 0.25) is 11.9 Å². The zero-order valence-electron chi connectivity index (χ0n) is 17.9. The van der Waals surface area contributed by atoms with Crippen molar-refractivity contribution >= 4 is 22.9 Å². The van der Waals surface area contributed by atoms with E-state index in [0.717, 1.165) is 49.6 Å². The van der Waals surface area contributed by atoms with Crippen molar-refractivity contribution in [2.24, 2.45) is 0 Å². The highest BCUT2D eigenvalue weighted by atomic mass is 16.2. The zero-order valence-corrected chi connectivity index (χ0v) is 17.9. The Morgan fingerprint density at radius 3 is 2.57 bits per heavy atom. The Bertz CT molecular complexity index is 935. The lowest BCUT2D eigenvalue weighted by Crippen LogP contribution is -2.44. The number of aromatic nitrogens is 2. The quantitative estimate of drug-likeness (QED) is 0.682. The molecular weight excluding hydrogens is 374 g/mol. The normalized spacial score (nSPS) is 15.5. The Balaban J connectivity index is 1.37. The zero-order chi connectivity index (χ0) is 20.9. The molecule has 1 aromatic heterocycles. The number of carbonyl (C=O) groups excluding carboxylic acids is 1. The highest BCUT2D eigenvalue weighted by Crippen LogP contribution is 2.18. The standard InChI is InChI=1S/C24H31N5O/c1-19(2)29(17-20-9-4-3-5-10-20)23(30)18-27-13-8-14-28(16-15-27)24-25-21-11-6-7-12-22(21)26-24/h3-7,9-12,19H,8,13-18H2,1-2H3,(H,25,26). The lowest BCUT2D eigenvalue weighted by molar-refractivity contribution is -0.134. The Labute approximate surface area is 178 Å². The van der Waals surface area contributed by atoms with Gasteiger partial charge in [-0.2, -0.15) is 0 Å². The van der Waals surface area contributed by atoms with E-state index in [-0.39, 0.29) is 11.9 Å². The number of nitrogens with one attached hydrogen (secondary N) is 1. The van der Waals surface area contributed by atoms with Crippen LogP contribution in [0.15, 0.2) is 54.6 Å². The maximum atomic E-state index is 13.1. The van der Waals surface area contributed by atoms with E-state index in [1.807, 2.05) is 41.3 Å². The van der Waals surface area contributed by atoms with Crippen LogP contribution in [0.5, 0.6) is 0 Å². The van der Waals surface area contributed by atoms with Crippen molar-refractivity contribution < 1.29 is 4.79 Å². The highest BCUT2D eigenvalue weighted by Gasteiger charge is 2.23. The van der Waals surface area contributed by atoms with E-state index in [0.29, 0.717) is 13.1 Å². The number of rotatable bonds is 6. The Morgan fingerprint density at radius 1 is 1.03 bits per heavy atom. The van der Waals surface area contributed by atoms with Crippen molar-refractivity contribution in [2.45, 2.75) is 32.9 Å². The van der Waals surface area contributed by atoms with E-state index in [9.17, 15) is 4.79 Å². The lowest BCUT2D eigenvalue weighted by atomic mass is 10.2. The maximum absolute atomic E-state index is 13.1. The van der Waals surface area contributed by atoms with E-state index in [2.05, 4.69) is 46.8 Å². The van der Waals surface area contributed by atoms with E-state index in [4.69, 9.17) is 4.98 Å². The van der Waals surface area contributed by atoms with Gasteiger partial charge in [-0.3, -0.25) is 9.69 Å². The molecule has 30 heavy (non-hydrogen) atoms. The average molecular weight is 406 g/mol. The van der Waals surface area contributed by atoms with Crippen LogP contribution in [-0.4, -0.2) is 64.4 Å². The van der Waals surface area contributed by atoms with Crippen LogP contribution in [0.1, 0.15) is 25.8 Å². The molecule has 158 valence electrons. The summed E-state index contributed by atoms with van der Waals surface area (Å²) >= 11 is 0. The number of aromatic amines is 1. The monoisotopic (exact) mass is 405 g/mol. The number of para-hydroxylation sites is 2. The van der Waals surface area contributed by atoms with Crippen LogP contribution in [-0.2, 0) is 11.3 Å². The van der Waals surface area contributed by atoms with Crippen LogP contribution in [0.3, 0.4) is 0 Å². The van der Waals surface area contributed by atoms with Crippen LogP contribution in [0.4, 0.5) is 5.95 Å². The van der Waals surface area contributed by atoms with Gasteiger partial charge in [-0.15, -0.1) is 0 Å². The van der Waals surface area contributed by atoms with Crippen LogP contribution in [0.2, 0.25) is 0 Å². The Hall–Kier alpha value is -2.86. The van der Waals surface area contributed by atoms with Crippen LogP contribution < -0.4 is 4.90 Å². The summed E-state index contributed by atoms with van der Waals surface area (Å²) in [6.45, 7) is 8.92. The van der Waals surface area contributed by atoms with Gasteiger partial charge >= 0.3 is 0 Å². The predicted molar refractivity (Wildman–Crippen MR) is 121 cm³/mol. The second-order valence-corrected chi connectivity index (χ2v) is 8.30. The van der Waals surface area contributed by atoms with Gasteiger partial charge in [0.1, 0.15) is 0 Å². The Kier molecular flexibility index (Phi) is 6.33. The molecule has 0 spiro atoms. The summed E-state index contributed by atoms with van der Waals surface area (Å²) in [7, 11) is 0. The lowest BCUT2D eigenvalue weighted by Gasteiger charge is -2.30. The molecule has 3 aromatic rings. The number of amides is 1. The molecule has 2 heterocycles. The van der Waals surface area contributed by atoms with Crippen molar-refractivity contribution in [3.8, 4) is 0 Å². The molecule has 1 aliphatic rings. The highest BCUT2D eigenvalue weighted by molar-refractivity contribution is 5.79. The van der Waals surface area contributed by atoms with Gasteiger partial charge in [-0.05, 0) is 38.0 Å². The van der Waals surface area contributed by atoms with Gasteiger partial charge in [-0.25, -0.2) is 4.98 Å². The second kappa shape index (κ2) is 9.30. The summed E-state index contributed by atoms with van der Waals surface area (Å²) < 4.78 is 0. The van der Waals surface area contributed by atoms with Gasteiger partial charge in [0, 0.05) is 38.8 Å². The molecule has 0 atom stereocenters. The topological polar surface area (TPSA) is 55.5 Å². The summed E-state index contributed by atoms with van der Waals surface area (Å²) in [5.74, 6) is 1.13. The van der Waals surface area contributed by atoms with Gasteiger partial charge < -0.3 is 14.8 Å². The van der Waals surface area contributed by atoms with Gasteiger partial charge in [0.25, 0.3) is 0 Å². The molecule has 1 aliphatic heterocycles. The fourth-order valence-electron chi connectivity index (χ4n) is 4.05. The number of fused-ring (bicyclic) bond motifs is 1. The predicted octanol–water partition coefficient (Wildman–Crippen LogP) is 3.51. The largest absolute Gasteiger partial charge is 0.341 e. The summed E-state index contributed by atoms with van der Waals surface area (Å²) in [5.41, 5.74) is 3.24. The van der Waals surface area contributed by atoms with Crippen molar-refractivity contribution in [3.63, 3.8) is 0 Å². The third-order valence-corrected chi connectivity index (χ3v) is 5.76. The molecule has 6 heteroatoms.